The Balaban J connectivity index is 3.87. The standard InChI is InChI=1S/C23H44O2/c1-4-7-9-11-13-15-18-22(19-16-14-12-10-8-5-2)20-17-21-25-23(24)6-3/h6,22H,3-5,7-21H2,1-2H3. The fourth-order valence-electron chi connectivity index (χ4n) is 3.46. The van der Waals surface area contributed by atoms with Crippen LogP contribution >= 0.6 is 0 Å². The molecule has 0 atom stereocenters. The van der Waals surface area contributed by atoms with Crippen LogP contribution in [-0.4, -0.2) is 12.6 Å². The topological polar surface area (TPSA) is 26.3 Å². The number of esters is 1. The number of hydrogen-bond donors (Lipinski definition) is 0. The lowest BCUT2D eigenvalue weighted by Crippen LogP contribution is -2.06. The second-order valence-corrected chi connectivity index (χ2v) is 7.49. The van der Waals surface area contributed by atoms with Crippen molar-refractivity contribution in [1.29, 1.82) is 0 Å². The molecule has 0 aliphatic rings. The van der Waals surface area contributed by atoms with Crippen molar-refractivity contribution in [3.05, 3.63) is 12.7 Å². The molecule has 0 saturated carbocycles. The Morgan fingerprint density at radius 2 is 1.20 bits per heavy atom. The fourth-order valence-corrected chi connectivity index (χ4v) is 3.46. The number of hydrogen-bond acceptors (Lipinski definition) is 2. The Labute approximate surface area is 157 Å². The maximum Gasteiger partial charge on any atom is 0.330 e. The quantitative estimate of drug-likeness (QED) is 0.136. The van der Waals surface area contributed by atoms with Crippen LogP contribution in [-0.2, 0) is 9.53 Å². The largest absolute Gasteiger partial charge is 0.463 e. The summed E-state index contributed by atoms with van der Waals surface area (Å²) in [5.41, 5.74) is 0. The van der Waals surface area contributed by atoms with E-state index >= 15 is 0 Å². The third kappa shape index (κ3) is 17.8. The molecular weight excluding hydrogens is 308 g/mol. The highest BCUT2D eigenvalue weighted by Crippen LogP contribution is 2.23. The zero-order chi connectivity index (χ0) is 18.6. The molecule has 0 aliphatic heterocycles. The maximum absolute atomic E-state index is 11.1. The average molecular weight is 353 g/mol. The molecule has 0 saturated heterocycles. The van der Waals surface area contributed by atoms with Crippen molar-refractivity contribution in [2.24, 2.45) is 5.92 Å². The minimum Gasteiger partial charge on any atom is -0.463 e. The second kappa shape index (κ2) is 19.5. The highest BCUT2D eigenvalue weighted by Gasteiger charge is 2.09. The fraction of sp³-hybridized carbons (Fsp3) is 0.870. The molecule has 0 aliphatic carbocycles. The Morgan fingerprint density at radius 1 is 0.760 bits per heavy atom. The van der Waals surface area contributed by atoms with Crippen LogP contribution in [0.4, 0.5) is 0 Å². The first-order valence-corrected chi connectivity index (χ1v) is 11.0. The van der Waals surface area contributed by atoms with Crippen LogP contribution < -0.4 is 0 Å². The minimum atomic E-state index is -0.289. The van der Waals surface area contributed by atoms with Crippen molar-refractivity contribution < 1.29 is 9.53 Å². The average Bonchev–Trinajstić information content (AvgIpc) is 2.63. The summed E-state index contributed by atoms with van der Waals surface area (Å²) in [4.78, 5) is 11.1. The van der Waals surface area contributed by atoms with E-state index < -0.39 is 0 Å². The van der Waals surface area contributed by atoms with Crippen molar-refractivity contribution in [2.75, 3.05) is 6.61 Å². The van der Waals surface area contributed by atoms with E-state index in [2.05, 4.69) is 20.4 Å². The minimum absolute atomic E-state index is 0.289. The normalized spacial score (nSPS) is 11.0. The Hall–Kier alpha value is -0.790. The van der Waals surface area contributed by atoms with E-state index in [-0.39, 0.29) is 5.97 Å². The number of unbranched alkanes of at least 4 members (excludes halogenated alkanes) is 10. The summed E-state index contributed by atoms with van der Waals surface area (Å²) in [5.74, 6) is 0.531. The van der Waals surface area contributed by atoms with E-state index in [4.69, 9.17) is 4.74 Å². The first kappa shape index (κ1) is 24.2. The van der Waals surface area contributed by atoms with Crippen LogP contribution in [0.5, 0.6) is 0 Å². The van der Waals surface area contributed by atoms with Crippen molar-refractivity contribution in [1.82, 2.24) is 0 Å². The van der Waals surface area contributed by atoms with Crippen LogP contribution in [0.25, 0.3) is 0 Å². The first-order valence-electron chi connectivity index (χ1n) is 11.0. The molecule has 0 aromatic rings. The number of carbonyl (C=O) groups excluding carboxylic acids is 1. The number of ether oxygens (including phenoxy) is 1. The number of carbonyl (C=O) groups is 1. The molecule has 0 radical (unpaired) electrons. The van der Waals surface area contributed by atoms with Gasteiger partial charge in [-0.2, -0.15) is 0 Å². The van der Waals surface area contributed by atoms with Gasteiger partial charge in [-0.15, -0.1) is 0 Å². The van der Waals surface area contributed by atoms with Crippen LogP contribution in [0.3, 0.4) is 0 Å². The summed E-state index contributed by atoms with van der Waals surface area (Å²) in [5, 5.41) is 0. The third-order valence-corrected chi connectivity index (χ3v) is 5.10. The molecule has 0 unspecified atom stereocenters. The summed E-state index contributed by atoms with van der Waals surface area (Å²) in [6.45, 7) is 8.54. The summed E-state index contributed by atoms with van der Waals surface area (Å²) >= 11 is 0. The molecule has 0 fully saturated rings. The lowest BCUT2D eigenvalue weighted by Gasteiger charge is -2.17. The predicted octanol–water partition coefficient (Wildman–Crippen LogP) is 7.61. The third-order valence-electron chi connectivity index (χ3n) is 5.10. The van der Waals surface area contributed by atoms with Gasteiger partial charge in [0.2, 0.25) is 0 Å². The smallest absolute Gasteiger partial charge is 0.330 e. The molecule has 2 nitrogen and oxygen atoms in total. The van der Waals surface area contributed by atoms with Gasteiger partial charge < -0.3 is 4.74 Å². The van der Waals surface area contributed by atoms with Gasteiger partial charge in [-0.1, -0.05) is 110 Å². The van der Waals surface area contributed by atoms with Gasteiger partial charge in [0.1, 0.15) is 0 Å². The molecule has 0 spiro atoms. The second-order valence-electron chi connectivity index (χ2n) is 7.49. The van der Waals surface area contributed by atoms with Crippen molar-refractivity contribution in [3.63, 3.8) is 0 Å². The zero-order valence-corrected chi connectivity index (χ0v) is 17.2. The van der Waals surface area contributed by atoms with Gasteiger partial charge in [0.25, 0.3) is 0 Å². The van der Waals surface area contributed by atoms with E-state index in [1.807, 2.05) is 0 Å². The van der Waals surface area contributed by atoms with Gasteiger partial charge >= 0.3 is 5.97 Å². The highest BCUT2D eigenvalue weighted by molar-refractivity contribution is 5.81. The van der Waals surface area contributed by atoms with Gasteiger partial charge in [-0.25, -0.2) is 4.79 Å². The first-order chi connectivity index (χ1) is 12.2. The lowest BCUT2D eigenvalue weighted by molar-refractivity contribution is -0.137. The molecule has 25 heavy (non-hydrogen) atoms. The lowest BCUT2D eigenvalue weighted by atomic mass is 9.90. The monoisotopic (exact) mass is 352 g/mol. The summed E-state index contributed by atoms with van der Waals surface area (Å²) in [6, 6.07) is 0. The van der Waals surface area contributed by atoms with Crippen LogP contribution in [0.2, 0.25) is 0 Å². The van der Waals surface area contributed by atoms with Gasteiger partial charge in [0, 0.05) is 6.08 Å². The molecule has 0 bridgehead atoms. The van der Waals surface area contributed by atoms with E-state index in [0.29, 0.717) is 6.61 Å². The SMILES string of the molecule is C=CC(=O)OCCCC(CCCCCCCC)CCCCCCCC. The van der Waals surface area contributed by atoms with Crippen molar-refractivity contribution in [3.8, 4) is 0 Å². The Morgan fingerprint density at radius 3 is 1.68 bits per heavy atom. The van der Waals surface area contributed by atoms with Crippen molar-refractivity contribution in [2.45, 2.75) is 117 Å². The molecule has 0 amide bonds. The molecule has 0 heterocycles. The van der Waals surface area contributed by atoms with E-state index in [1.54, 1.807) is 0 Å². The van der Waals surface area contributed by atoms with Gasteiger partial charge in [0.05, 0.1) is 6.61 Å². The Kier molecular flexibility index (Phi) is 18.9. The predicted molar refractivity (Wildman–Crippen MR) is 110 cm³/mol. The molecular formula is C23H44O2. The van der Waals surface area contributed by atoms with Gasteiger partial charge in [-0.05, 0) is 18.8 Å². The maximum atomic E-state index is 11.1. The van der Waals surface area contributed by atoms with Crippen molar-refractivity contribution >= 4 is 5.97 Å². The van der Waals surface area contributed by atoms with Gasteiger partial charge in [-0.3, -0.25) is 0 Å². The molecule has 0 aromatic carbocycles. The van der Waals surface area contributed by atoms with Gasteiger partial charge in [0.15, 0.2) is 0 Å². The van der Waals surface area contributed by atoms with E-state index in [9.17, 15) is 4.79 Å². The van der Waals surface area contributed by atoms with Crippen LogP contribution in [0, 0.1) is 5.92 Å². The highest BCUT2D eigenvalue weighted by atomic mass is 16.5. The molecule has 0 aromatic heterocycles. The summed E-state index contributed by atoms with van der Waals surface area (Å²) in [6.07, 6.45) is 22.7. The number of rotatable bonds is 19. The molecule has 0 rings (SSSR count). The summed E-state index contributed by atoms with van der Waals surface area (Å²) in [7, 11) is 0. The molecule has 148 valence electrons. The van der Waals surface area contributed by atoms with E-state index in [0.717, 1.165) is 12.3 Å². The molecule has 0 N–H and O–H groups in total. The molecule has 2 heteroatoms. The van der Waals surface area contributed by atoms with Crippen LogP contribution in [0.1, 0.15) is 117 Å². The van der Waals surface area contributed by atoms with E-state index in [1.165, 1.54) is 102 Å². The zero-order valence-electron chi connectivity index (χ0n) is 17.2. The Bertz CT molecular complexity index is 282. The summed E-state index contributed by atoms with van der Waals surface area (Å²) < 4.78 is 5.12. The van der Waals surface area contributed by atoms with Crippen LogP contribution in [0.15, 0.2) is 12.7 Å².